The molecule has 0 unspecified atom stereocenters. The van der Waals surface area contributed by atoms with Gasteiger partial charge in [0.2, 0.25) is 0 Å². The number of nitrogens with one attached hydrogen (secondary N) is 1. The summed E-state index contributed by atoms with van der Waals surface area (Å²) in [4.78, 5) is 14.9. The summed E-state index contributed by atoms with van der Waals surface area (Å²) >= 11 is 3.54. The van der Waals surface area contributed by atoms with Crippen LogP contribution in [0.2, 0.25) is 0 Å². The maximum Gasteiger partial charge on any atom is 0.337 e. The van der Waals surface area contributed by atoms with Gasteiger partial charge >= 0.3 is 5.97 Å². The Balaban J connectivity index is 2.07. The minimum Gasteiger partial charge on any atom is -0.478 e. The summed E-state index contributed by atoms with van der Waals surface area (Å²) in [6, 6.07) is 7.39. The average Bonchev–Trinajstić information content (AvgIpc) is 2.42. The van der Waals surface area contributed by atoms with E-state index < -0.39 is 5.97 Å². The van der Waals surface area contributed by atoms with Gasteiger partial charge in [0.15, 0.2) is 0 Å². The molecule has 0 aliphatic heterocycles. The third-order valence-corrected chi connectivity index (χ3v) is 4.23. The topological polar surface area (TPSA) is 62.2 Å². The highest BCUT2D eigenvalue weighted by Gasteiger charge is 2.04. The number of carbonyl (C=O) groups is 1. The fourth-order valence-corrected chi connectivity index (χ4v) is 2.13. The Kier molecular flexibility index (Phi) is 4.39. The fraction of sp³-hybridized carbons (Fsp3) is 0.200. The molecule has 0 spiro atoms. The van der Waals surface area contributed by atoms with E-state index in [1.807, 2.05) is 13.8 Å². The largest absolute Gasteiger partial charge is 0.478 e. The summed E-state index contributed by atoms with van der Waals surface area (Å²) in [5.41, 5.74) is 4.35. The minimum atomic E-state index is -0.962. The van der Waals surface area contributed by atoms with Gasteiger partial charge in [-0.3, -0.25) is 4.98 Å². The van der Waals surface area contributed by atoms with Crippen molar-refractivity contribution in [2.75, 3.05) is 5.32 Å². The molecule has 1 heterocycles. The number of hydrogen-bond donors (Lipinski definition) is 2. The first-order valence-electron chi connectivity index (χ1n) is 6.16. The van der Waals surface area contributed by atoms with E-state index in [2.05, 4.69) is 38.4 Å². The van der Waals surface area contributed by atoms with Crippen molar-refractivity contribution in [2.45, 2.75) is 20.4 Å². The molecule has 2 rings (SSSR count). The van der Waals surface area contributed by atoms with Crippen molar-refractivity contribution in [2.24, 2.45) is 0 Å². The number of pyridine rings is 1. The van der Waals surface area contributed by atoms with Gasteiger partial charge in [0.1, 0.15) is 0 Å². The Morgan fingerprint density at radius 3 is 2.45 bits per heavy atom. The number of halogens is 1. The number of carboxylic acids is 1. The van der Waals surface area contributed by atoms with Gasteiger partial charge in [-0.15, -0.1) is 0 Å². The third kappa shape index (κ3) is 3.36. The first kappa shape index (κ1) is 14.5. The van der Waals surface area contributed by atoms with E-state index in [0.717, 1.165) is 15.9 Å². The van der Waals surface area contributed by atoms with Crippen LogP contribution in [0.15, 0.2) is 34.9 Å². The highest BCUT2D eigenvalue weighted by atomic mass is 79.9. The monoisotopic (exact) mass is 334 g/mol. The standard InChI is InChI=1S/C15H15BrN2O2/c1-9-5-13(6-10(2)14(9)16)18-8-12-4-3-11(7-17-12)15(19)20/h3-7,18H,8H2,1-2H3,(H,19,20). The maximum absolute atomic E-state index is 10.7. The Labute approximate surface area is 126 Å². The molecule has 0 atom stereocenters. The van der Waals surface area contributed by atoms with E-state index in [0.29, 0.717) is 6.54 Å². The molecule has 0 aliphatic carbocycles. The van der Waals surface area contributed by atoms with E-state index in [4.69, 9.17) is 5.11 Å². The van der Waals surface area contributed by atoms with Crippen LogP contribution in [0.1, 0.15) is 27.2 Å². The van der Waals surface area contributed by atoms with Crippen molar-refractivity contribution in [3.05, 3.63) is 57.3 Å². The molecule has 104 valence electrons. The smallest absolute Gasteiger partial charge is 0.337 e. The number of aromatic nitrogens is 1. The number of anilines is 1. The Morgan fingerprint density at radius 2 is 1.95 bits per heavy atom. The van der Waals surface area contributed by atoms with Crippen molar-refractivity contribution in [1.29, 1.82) is 0 Å². The predicted octanol–water partition coefficient (Wildman–Crippen LogP) is 3.77. The second-order valence-corrected chi connectivity index (χ2v) is 5.41. The molecule has 4 nitrogen and oxygen atoms in total. The van der Waals surface area contributed by atoms with E-state index in [1.165, 1.54) is 17.3 Å². The van der Waals surface area contributed by atoms with E-state index >= 15 is 0 Å². The van der Waals surface area contributed by atoms with Gasteiger partial charge < -0.3 is 10.4 Å². The summed E-state index contributed by atoms with van der Waals surface area (Å²) < 4.78 is 1.12. The van der Waals surface area contributed by atoms with Gasteiger partial charge in [-0.1, -0.05) is 15.9 Å². The van der Waals surface area contributed by atoms with Crippen molar-refractivity contribution >= 4 is 27.6 Å². The lowest BCUT2D eigenvalue weighted by atomic mass is 10.1. The Hall–Kier alpha value is -1.88. The lowest BCUT2D eigenvalue weighted by Crippen LogP contribution is -2.04. The van der Waals surface area contributed by atoms with Crippen molar-refractivity contribution in [3.8, 4) is 0 Å². The van der Waals surface area contributed by atoms with Crippen LogP contribution < -0.4 is 5.32 Å². The quantitative estimate of drug-likeness (QED) is 0.893. The van der Waals surface area contributed by atoms with Crippen molar-refractivity contribution < 1.29 is 9.90 Å². The number of carboxylic acid groups (broad SMARTS) is 1. The van der Waals surface area contributed by atoms with Gasteiger partial charge in [0.25, 0.3) is 0 Å². The Bertz CT molecular complexity index is 616. The van der Waals surface area contributed by atoms with Crippen LogP contribution in [0, 0.1) is 13.8 Å². The highest BCUT2D eigenvalue weighted by molar-refractivity contribution is 9.10. The first-order chi connectivity index (χ1) is 9.47. The van der Waals surface area contributed by atoms with Crippen LogP contribution in [0.25, 0.3) is 0 Å². The predicted molar refractivity (Wildman–Crippen MR) is 82.1 cm³/mol. The minimum absolute atomic E-state index is 0.198. The molecular formula is C15H15BrN2O2. The second-order valence-electron chi connectivity index (χ2n) is 4.62. The van der Waals surface area contributed by atoms with E-state index in [-0.39, 0.29) is 5.56 Å². The number of aryl methyl sites for hydroxylation is 2. The molecule has 0 bridgehead atoms. The zero-order valence-electron chi connectivity index (χ0n) is 11.3. The van der Waals surface area contributed by atoms with Crippen LogP contribution in [0.4, 0.5) is 5.69 Å². The highest BCUT2D eigenvalue weighted by Crippen LogP contribution is 2.25. The van der Waals surface area contributed by atoms with Crippen LogP contribution in [-0.2, 0) is 6.54 Å². The van der Waals surface area contributed by atoms with Gasteiger partial charge in [-0.25, -0.2) is 4.79 Å². The molecule has 5 heteroatoms. The molecule has 0 aliphatic rings. The summed E-state index contributed by atoms with van der Waals surface area (Å²) in [7, 11) is 0. The molecule has 0 saturated heterocycles. The molecule has 1 aromatic heterocycles. The summed E-state index contributed by atoms with van der Waals surface area (Å²) in [5, 5.41) is 12.1. The summed E-state index contributed by atoms with van der Waals surface area (Å²) in [6.07, 6.45) is 1.37. The normalized spacial score (nSPS) is 10.3. The molecule has 0 amide bonds. The molecule has 2 aromatic rings. The number of nitrogens with zero attached hydrogens (tertiary/aromatic N) is 1. The maximum atomic E-state index is 10.7. The van der Waals surface area contributed by atoms with Gasteiger partial charge in [-0.05, 0) is 49.2 Å². The molecule has 20 heavy (non-hydrogen) atoms. The SMILES string of the molecule is Cc1cc(NCc2ccc(C(=O)O)cn2)cc(C)c1Br. The summed E-state index contributed by atoms with van der Waals surface area (Å²) in [6.45, 7) is 4.64. The van der Waals surface area contributed by atoms with E-state index in [1.54, 1.807) is 12.1 Å². The van der Waals surface area contributed by atoms with Crippen LogP contribution in [0.3, 0.4) is 0 Å². The Morgan fingerprint density at radius 1 is 1.30 bits per heavy atom. The second kappa shape index (κ2) is 6.05. The molecule has 2 N–H and O–H groups in total. The van der Waals surface area contributed by atoms with Gasteiger partial charge in [0.05, 0.1) is 17.8 Å². The number of aromatic carboxylic acids is 1. The van der Waals surface area contributed by atoms with Crippen molar-refractivity contribution in [3.63, 3.8) is 0 Å². The zero-order chi connectivity index (χ0) is 14.7. The molecule has 0 fully saturated rings. The molecule has 1 aromatic carbocycles. The van der Waals surface area contributed by atoms with Gasteiger partial charge in [-0.2, -0.15) is 0 Å². The molecular weight excluding hydrogens is 320 g/mol. The number of hydrogen-bond acceptors (Lipinski definition) is 3. The fourth-order valence-electron chi connectivity index (χ4n) is 1.90. The lowest BCUT2D eigenvalue weighted by Gasteiger charge is -2.10. The van der Waals surface area contributed by atoms with Gasteiger partial charge in [0, 0.05) is 16.4 Å². The van der Waals surface area contributed by atoms with Crippen LogP contribution in [-0.4, -0.2) is 16.1 Å². The number of rotatable bonds is 4. The molecule has 0 saturated carbocycles. The zero-order valence-corrected chi connectivity index (χ0v) is 12.9. The van der Waals surface area contributed by atoms with Crippen LogP contribution in [0.5, 0.6) is 0 Å². The van der Waals surface area contributed by atoms with E-state index in [9.17, 15) is 4.79 Å². The first-order valence-corrected chi connectivity index (χ1v) is 6.95. The summed E-state index contributed by atoms with van der Waals surface area (Å²) in [5.74, 6) is -0.962. The molecule has 0 radical (unpaired) electrons. The average molecular weight is 335 g/mol. The third-order valence-electron chi connectivity index (χ3n) is 2.98. The lowest BCUT2D eigenvalue weighted by molar-refractivity contribution is 0.0696. The van der Waals surface area contributed by atoms with Crippen LogP contribution >= 0.6 is 15.9 Å². The van der Waals surface area contributed by atoms with Crippen molar-refractivity contribution in [1.82, 2.24) is 4.98 Å². The number of benzene rings is 1.